The molecule has 3 aromatic rings. The van der Waals surface area contributed by atoms with E-state index in [4.69, 9.17) is 22.1 Å². The smallest absolute Gasteiger partial charge is 0.338 e. The Bertz CT molecular complexity index is 949. The van der Waals surface area contributed by atoms with E-state index in [2.05, 4.69) is 0 Å². The molecule has 0 aliphatic rings. The summed E-state index contributed by atoms with van der Waals surface area (Å²) in [6.45, 7) is 0. The van der Waals surface area contributed by atoms with Crippen molar-refractivity contribution < 1.29 is 14.3 Å². The molecule has 0 fully saturated rings. The highest BCUT2D eigenvalue weighted by atomic mass is 35.5. The van der Waals surface area contributed by atoms with Crippen LogP contribution in [0.15, 0.2) is 42.5 Å². The predicted molar refractivity (Wildman–Crippen MR) is 97.1 cm³/mol. The molecule has 6 heteroatoms. The lowest BCUT2D eigenvalue weighted by Crippen LogP contribution is -2.10. The summed E-state index contributed by atoms with van der Waals surface area (Å²) in [5, 5.41) is 1.30. The molecule has 2 N–H and O–H groups in total. The number of ether oxygens (including phenoxy) is 1. The number of anilines is 1. The van der Waals surface area contributed by atoms with Gasteiger partial charge in [0, 0.05) is 22.2 Å². The molecule has 0 radical (unpaired) electrons. The minimum absolute atomic E-state index is 0.0298. The number of thiophene rings is 1. The maximum atomic E-state index is 12.7. The third-order valence-corrected chi connectivity index (χ3v) is 5.39. The fourth-order valence-electron chi connectivity index (χ4n) is 2.52. The van der Waals surface area contributed by atoms with Gasteiger partial charge in [-0.05, 0) is 29.8 Å². The second-order valence-corrected chi connectivity index (χ2v) is 6.68. The molecule has 24 heavy (non-hydrogen) atoms. The van der Waals surface area contributed by atoms with Gasteiger partial charge in [0.2, 0.25) is 0 Å². The predicted octanol–water partition coefficient (Wildman–Crippen LogP) is 4.35. The molecule has 3 rings (SSSR count). The molecule has 0 bridgehead atoms. The number of nitrogens with two attached hydrogens (primary N) is 1. The van der Waals surface area contributed by atoms with Crippen molar-refractivity contribution in [3.63, 3.8) is 0 Å². The van der Waals surface area contributed by atoms with Gasteiger partial charge < -0.3 is 10.5 Å². The molecule has 0 atom stereocenters. The van der Waals surface area contributed by atoms with Crippen LogP contribution in [-0.2, 0) is 11.2 Å². The first-order valence-corrected chi connectivity index (χ1v) is 8.37. The van der Waals surface area contributed by atoms with Crippen molar-refractivity contribution in [2.45, 2.75) is 6.42 Å². The van der Waals surface area contributed by atoms with Crippen LogP contribution in [-0.4, -0.2) is 18.9 Å². The van der Waals surface area contributed by atoms with E-state index in [9.17, 15) is 9.59 Å². The number of hydrogen-bond acceptors (Lipinski definition) is 5. The number of fused-ring (bicyclic) bond motifs is 1. The molecule has 122 valence electrons. The van der Waals surface area contributed by atoms with Gasteiger partial charge in [0.25, 0.3) is 0 Å². The number of hydrogen-bond donors (Lipinski definition) is 1. The van der Waals surface area contributed by atoms with Crippen LogP contribution in [0.5, 0.6) is 0 Å². The van der Waals surface area contributed by atoms with Gasteiger partial charge in [-0.15, -0.1) is 11.3 Å². The Morgan fingerprint density at radius 2 is 1.96 bits per heavy atom. The van der Waals surface area contributed by atoms with Gasteiger partial charge >= 0.3 is 5.97 Å². The summed E-state index contributed by atoms with van der Waals surface area (Å²) >= 11 is 7.70. The van der Waals surface area contributed by atoms with E-state index in [0.717, 1.165) is 10.1 Å². The lowest BCUT2D eigenvalue weighted by atomic mass is 10.0. The topological polar surface area (TPSA) is 69.4 Å². The Kier molecular flexibility index (Phi) is 4.55. The van der Waals surface area contributed by atoms with Gasteiger partial charge in [-0.3, -0.25) is 4.79 Å². The monoisotopic (exact) mass is 359 g/mol. The number of carbonyl (C=O) groups is 2. The number of ketones is 1. The highest BCUT2D eigenvalue weighted by molar-refractivity contribution is 7.21. The van der Waals surface area contributed by atoms with Gasteiger partial charge in [0.05, 0.1) is 22.6 Å². The lowest BCUT2D eigenvalue weighted by molar-refractivity contribution is 0.0599. The van der Waals surface area contributed by atoms with Gasteiger partial charge in [-0.1, -0.05) is 29.8 Å². The molecule has 0 unspecified atom stereocenters. The van der Waals surface area contributed by atoms with E-state index in [0.29, 0.717) is 26.7 Å². The van der Waals surface area contributed by atoms with Gasteiger partial charge in [-0.25, -0.2) is 4.79 Å². The first-order chi connectivity index (χ1) is 11.5. The summed E-state index contributed by atoms with van der Waals surface area (Å²) in [5.74, 6) is -0.655. The van der Waals surface area contributed by atoms with Gasteiger partial charge in [0.1, 0.15) is 0 Å². The lowest BCUT2D eigenvalue weighted by Gasteiger charge is -2.08. The van der Waals surface area contributed by atoms with Crippen LogP contribution < -0.4 is 5.73 Å². The van der Waals surface area contributed by atoms with E-state index in [1.54, 1.807) is 18.2 Å². The Balaban J connectivity index is 1.99. The number of rotatable bonds is 4. The zero-order valence-electron chi connectivity index (χ0n) is 12.8. The first-order valence-electron chi connectivity index (χ1n) is 7.18. The highest BCUT2D eigenvalue weighted by Gasteiger charge is 2.20. The van der Waals surface area contributed by atoms with Gasteiger partial charge in [0.15, 0.2) is 5.78 Å². The minimum Gasteiger partial charge on any atom is -0.465 e. The Labute approximate surface area is 147 Å². The van der Waals surface area contributed by atoms with Crippen molar-refractivity contribution in [3.8, 4) is 0 Å². The SMILES string of the molecule is COC(=O)c1ccc(N)cc1CC(=O)c1sc2ccccc2c1Cl. The molecular formula is C18H14ClNO3S. The van der Waals surface area contributed by atoms with Gasteiger partial charge in [-0.2, -0.15) is 0 Å². The van der Waals surface area contributed by atoms with Crippen molar-refractivity contribution in [1.29, 1.82) is 0 Å². The fourth-order valence-corrected chi connectivity index (χ4v) is 3.99. The molecule has 0 aliphatic carbocycles. The van der Waals surface area contributed by atoms with Crippen LogP contribution in [0.1, 0.15) is 25.6 Å². The summed E-state index contributed by atoms with van der Waals surface area (Å²) in [6.07, 6.45) is 0.0298. The third kappa shape index (κ3) is 3.00. The molecular weight excluding hydrogens is 346 g/mol. The fraction of sp³-hybridized carbons (Fsp3) is 0.111. The third-order valence-electron chi connectivity index (χ3n) is 3.67. The Hall–Kier alpha value is -2.37. The number of esters is 1. The van der Waals surface area contributed by atoms with Crippen LogP contribution >= 0.6 is 22.9 Å². The second kappa shape index (κ2) is 6.63. The molecule has 0 spiro atoms. The maximum Gasteiger partial charge on any atom is 0.338 e. The summed E-state index contributed by atoms with van der Waals surface area (Å²) in [5.41, 5.74) is 7.13. The molecule has 0 saturated heterocycles. The Morgan fingerprint density at radius 1 is 1.21 bits per heavy atom. The average molecular weight is 360 g/mol. The molecule has 1 aromatic heterocycles. The zero-order valence-corrected chi connectivity index (χ0v) is 14.4. The number of nitrogen functional groups attached to an aromatic ring is 1. The summed E-state index contributed by atoms with van der Waals surface area (Å²) < 4.78 is 5.71. The summed E-state index contributed by atoms with van der Waals surface area (Å²) in [7, 11) is 1.30. The maximum absolute atomic E-state index is 12.7. The van der Waals surface area contributed by atoms with Crippen molar-refractivity contribution in [2.24, 2.45) is 0 Å². The normalized spacial score (nSPS) is 10.8. The van der Waals surface area contributed by atoms with Crippen LogP contribution in [0.4, 0.5) is 5.69 Å². The van der Waals surface area contributed by atoms with Crippen molar-refractivity contribution in [1.82, 2.24) is 0 Å². The molecule has 2 aromatic carbocycles. The average Bonchev–Trinajstić information content (AvgIpc) is 2.92. The Morgan fingerprint density at radius 3 is 2.67 bits per heavy atom. The molecule has 0 amide bonds. The van der Waals surface area contributed by atoms with E-state index < -0.39 is 5.97 Å². The number of Topliss-reactive ketones (excluding diaryl/α,β-unsaturated/α-hetero) is 1. The van der Waals surface area contributed by atoms with Crippen molar-refractivity contribution in [2.75, 3.05) is 12.8 Å². The summed E-state index contributed by atoms with van der Waals surface area (Å²) in [4.78, 5) is 25.1. The molecule has 0 saturated carbocycles. The van der Waals surface area contributed by atoms with Crippen LogP contribution in [0, 0.1) is 0 Å². The zero-order chi connectivity index (χ0) is 17.3. The van der Waals surface area contributed by atoms with E-state index in [1.165, 1.54) is 18.4 Å². The number of carbonyl (C=O) groups excluding carboxylic acids is 2. The number of benzene rings is 2. The molecule has 4 nitrogen and oxygen atoms in total. The van der Waals surface area contributed by atoms with Crippen LogP contribution in [0.3, 0.4) is 0 Å². The van der Waals surface area contributed by atoms with Crippen LogP contribution in [0.25, 0.3) is 10.1 Å². The van der Waals surface area contributed by atoms with E-state index >= 15 is 0 Å². The quantitative estimate of drug-likeness (QED) is 0.427. The highest BCUT2D eigenvalue weighted by Crippen LogP contribution is 2.36. The largest absolute Gasteiger partial charge is 0.465 e. The number of halogens is 1. The standard InChI is InChI=1S/C18H14ClNO3S/c1-23-18(22)12-7-6-11(20)8-10(12)9-14(21)17-16(19)13-4-2-3-5-15(13)24-17/h2-8H,9,20H2,1H3. The van der Waals surface area contributed by atoms with Crippen LogP contribution in [0.2, 0.25) is 5.02 Å². The van der Waals surface area contributed by atoms with E-state index in [-0.39, 0.29) is 12.2 Å². The minimum atomic E-state index is -0.500. The molecule has 1 heterocycles. The first kappa shape index (κ1) is 16.5. The molecule has 0 aliphatic heterocycles. The van der Waals surface area contributed by atoms with Crippen molar-refractivity contribution >= 4 is 50.5 Å². The van der Waals surface area contributed by atoms with Crippen molar-refractivity contribution in [3.05, 3.63) is 63.5 Å². The second-order valence-electron chi connectivity index (χ2n) is 5.25. The summed E-state index contributed by atoms with van der Waals surface area (Å²) in [6, 6.07) is 12.4. The van der Waals surface area contributed by atoms with E-state index in [1.807, 2.05) is 24.3 Å². The number of methoxy groups -OCH3 is 1.